The van der Waals surface area contributed by atoms with Gasteiger partial charge in [0.25, 0.3) is 5.91 Å². The molecule has 1 aromatic carbocycles. The largest absolute Gasteiger partial charge is 0.494 e. The minimum Gasteiger partial charge on any atom is -0.494 e. The summed E-state index contributed by atoms with van der Waals surface area (Å²) in [6, 6.07) is 11.0. The number of aromatic amines is 1. The number of pyridine rings is 2. The van der Waals surface area contributed by atoms with E-state index in [9.17, 15) is 4.79 Å². The molecule has 3 heterocycles. The molecule has 0 aliphatic heterocycles. The molecule has 0 unspecified atom stereocenters. The summed E-state index contributed by atoms with van der Waals surface area (Å²) in [6.45, 7) is 0. The summed E-state index contributed by atoms with van der Waals surface area (Å²) in [5, 5.41) is 8.12. The molecule has 3 N–H and O–H groups in total. The Kier molecular flexibility index (Phi) is 4.59. The third kappa shape index (κ3) is 3.25. The fourth-order valence-electron chi connectivity index (χ4n) is 3.14. The number of hydrogen-bond acceptors (Lipinski definition) is 6. The van der Waals surface area contributed by atoms with Crippen LogP contribution in [0.3, 0.4) is 0 Å². The maximum Gasteiger partial charge on any atom is 0.255 e. The third-order valence-electron chi connectivity index (χ3n) is 4.65. The fraction of sp³-hybridized carbons (Fsp3) is 0.143. The zero-order valence-electron chi connectivity index (χ0n) is 16.3. The van der Waals surface area contributed by atoms with Crippen molar-refractivity contribution < 1.29 is 9.53 Å². The van der Waals surface area contributed by atoms with Crippen molar-refractivity contribution in [1.82, 2.24) is 25.1 Å². The zero-order valence-corrected chi connectivity index (χ0v) is 16.3. The van der Waals surface area contributed by atoms with Gasteiger partial charge in [-0.25, -0.2) is 4.98 Å². The molecule has 29 heavy (non-hydrogen) atoms. The number of methoxy groups -OCH3 is 1. The number of carbonyl (C=O) groups is 1. The van der Waals surface area contributed by atoms with Gasteiger partial charge in [-0.15, -0.1) is 0 Å². The van der Waals surface area contributed by atoms with Gasteiger partial charge in [0.2, 0.25) is 0 Å². The molecule has 0 saturated heterocycles. The van der Waals surface area contributed by atoms with Crippen molar-refractivity contribution in [3.63, 3.8) is 0 Å². The number of hydrogen-bond donors (Lipinski definition) is 2. The van der Waals surface area contributed by atoms with E-state index in [1.54, 1.807) is 51.8 Å². The Morgan fingerprint density at radius 3 is 2.69 bits per heavy atom. The second-order valence-corrected chi connectivity index (χ2v) is 6.75. The van der Waals surface area contributed by atoms with Crippen LogP contribution >= 0.6 is 0 Å². The van der Waals surface area contributed by atoms with E-state index >= 15 is 0 Å². The summed E-state index contributed by atoms with van der Waals surface area (Å²) >= 11 is 0. The van der Waals surface area contributed by atoms with Crippen molar-refractivity contribution in [2.75, 3.05) is 26.9 Å². The molecule has 8 heteroatoms. The molecule has 0 saturated carbocycles. The van der Waals surface area contributed by atoms with E-state index in [-0.39, 0.29) is 5.91 Å². The average Bonchev–Trinajstić information content (AvgIpc) is 3.16. The van der Waals surface area contributed by atoms with Crippen LogP contribution in [0.25, 0.3) is 33.5 Å². The van der Waals surface area contributed by atoms with Crippen LogP contribution in [-0.4, -0.2) is 52.2 Å². The molecular formula is C21H20N6O2. The number of H-pyrrole nitrogens is 1. The highest BCUT2D eigenvalue weighted by Crippen LogP contribution is 2.33. The van der Waals surface area contributed by atoms with Gasteiger partial charge < -0.3 is 15.4 Å². The summed E-state index contributed by atoms with van der Waals surface area (Å²) in [6.07, 6.45) is 3.42. The van der Waals surface area contributed by atoms with Gasteiger partial charge in [0.1, 0.15) is 17.1 Å². The minimum absolute atomic E-state index is 0.152. The first-order chi connectivity index (χ1) is 14.0. The molecule has 1 amide bonds. The van der Waals surface area contributed by atoms with E-state index in [0.29, 0.717) is 34.0 Å². The SMILES string of the molecule is COc1cccnc1-c1n[nH]c2ncc(-c3ccc(N)c(C(=O)N(C)C)c3)cc12. The van der Waals surface area contributed by atoms with Gasteiger partial charge in [-0.1, -0.05) is 6.07 Å². The number of anilines is 1. The lowest BCUT2D eigenvalue weighted by Crippen LogP contribution is -2.22. The van der Waals surface area contributed by atoms with Crippen molar-refractivity contribution in [1.29, 1.82) is 0 Å². The summed E-state index contributed by atoms with van der Waals surface area (Å²) in [5.41, 5.74) is 10.5. The maximum atomic E-state index is 12.4. The standard InChI is InChI=1S/C21H20N6O2/c1-27(2)21(28)14-9-12(6-7-16(14)22)13-10-15-18(25-26-20(15)24-11-13)19-17(29-3)5-4-8-23-19/h4-11H,22H2,1-3H3,(H,24,25,26). The number of carbonyl (C=O) groups excluding carboxylic acids is 1. The van der Waals surface area contributed by atoms with Crippen molar-refractivity contribution in [2.24, 2.45) is 0 Å². The number of amides is 1. The van der Waals surface area contributed by atoms with Crippen LogP contribution in [0.15, 0.2) is 48.8 Å². The molecule has 3 aromatic heterocycles. The van der Waals surface area contributed by atoms with Crippen molar-refractivity contribution in [2.45, 2.75) is 0 Å². The van der Waals surface area contributed by atoms with Crippen LogP contribution in [0.1, 0.15) is 10.4 Å². The van der Waals surface area contributed by atoms with Crippen LogP contribution in [-0.2, 0) is 0 Å². The van der Waals surface area contributed by atoms with Crippen LogP contribution in [0.2, 0.25) is 0 Å². The molecular weight excluding hydrogens is 368 g/mol. The minimum atomic E-state index is -0.152. The van der Waals surface area contributed by atoms with Gasteiger partial charge >= 0.3 is 0 Å². The first kappa shape index (κ1) is 18.4. The van der Waals surface area contributed by atoms with E-state index in [1.165, 1.54) is 4.90 Å². The van der Waals surface area contributed by atoms with Gasteiger partial charge in [0.15, 0.2) is 5.65 Å². The Morgan fingerprint density at radius 1 is 1.10 bits per heavy atom. The van der Waals surface area contributed by atoms with Crippen LogP contribution in [0.4, 0.5) is 5.69 Å². The van der Waals surface area contributed by atoms with Crippen LogP contribution < -0.4 is 10.5 Å². The van der Waals surface area contributed by atoms with Crippen molar-refractivity contribution >= 4 is 22.6 Å². The number of benzene rings is 1. The molecule has 0 radical (unpaired) electrons. The Balaban J connectivity index is 1.85. The van der Waals surface area contributed by atoms with Gasteiger partial charge in [-0.2, -0.15) is 5.10 Å². The molecule has 8 nitrogen and oxygen atoms in total. The maximum absolute atomic E-state index is 12.4. The number of nitrogens with one attached hydrogen (secondary N) is 1. The Bertz CT molecular complexity index is 1220. The number of nitrogens with two attached hydrogens (primary N) is 1. The van der Waals surface area contributed by atoms with Crippen LogP contribution in [0.5, 0.6) is 5.75 Å². The quantitative estimate of drug-likeness (QED) is 0.520. The highest BCUT2D eigenvalue weighted by Gasteiger charge is 2.17. The highest BCUT2D eigenvalue weighted by atomic mass is 16.5. The zero-order chi connectivity index (χ0) is 20.5. The van der Waals surface area contributed by atoms with Gasteiger partial charge in [-0.05, 0) is 35.9 Å². The predicted molar refractivity (Wildman–Crippen MR) is 112 cm³/mol. The topological polar surface area (TPSA) is 110 Å². The fourth-order valence-corrected chi connectivity index (χ4v) is 3.14. The van der Waals surface area contributed by atoms with Crippen LogP contribution in [0, 0.1) is 0 Å². The molecule has 0 spiro atoms. The van der Waals surface area contributed by atoms with Gasteiger partial charge in [-0.3, -0.25) is 14.9 Å². The lowest BCUT2D eigenvalue weighted by Gasteiger charge is -2.13. The highest BCUT2D eigenvalue weighted by molar-refractivity contribution is 6.00. The van der Waals surface area contributed by atoms with Crippen molar-refractivity contribution in [3.8, 4) is 28.3 Å². The number of nitrogen functional groups attached to an aromatic ring is 1. The lowest BCUT2D eigenvalue weighted by atomic mass is 10.0. The average molecular weight is 388 g/mol. The second kappa shape index (κ2) is 7.23. The molecule has 0 aliphatic carbocycles. The second-order valence-electron chi connectivity index (χ2n) is 6.75. The summed E-state index contributed by atoms with van der Waals surface area (Å²) in [5.74, 6) is 0.471. The van der Waals surface area contributed by atoms with E-state index in [1.807, 2.05) is 18.2 Å². The van der Waals surface area contributed by atoms with E-state index in [4.69, 9.17) is 10.5 Å². The summed E-state index contributed by atoms with van der Waals surface area (Å²) in [4.78, 5) is 22.8. The van der Waals surface area contributed by atoms with E-state index < -0.39 is 0 Å². The number of fused-ring (bicyclic) bond motifs is 1. The normalized spacial score (nSPS) is 10.9. The molecule has 146 valence electrons. The molecule has 0 bridgehead atoms. The summed E-state index contributed by atoms with van der Waals surface area (Å²) in [7, 11) is 4.98. The smallest absolute Gasteiger partial charge is 0.255 e. The molecule has 0 aliphatic rings. The van der Waals surface area contributed by atoms with Gasteiger partial charge in [0, 0.05) is 43.1 Å². The van der Waals surface area contributed by atoms with Gasteiger partial charge in [0.05, 0.1) is 12.7 Å². The Morgan fingerprint density at radius 2 is 1.93 bits per heavy atom. The van der Waals surface area contributed by atoms with E-state index in [0.717, 1.165) is 16.5 Å². The third-order valence-corrected chi connectivity index (χ3v) is 4.65. The number of aromatic nitrogens is 4. The lowest BCUT2D eigenvalue weighted by molar-refractivity contribution is 0.0828. The molecule has 0 fully saturated rings. The number of nitrogens with zero attached hydrogens (tertiary/aromatic N) is 4. The molecule has 4 rings (SSSR count). The predicted octanol–water partition coefficient (Wildman–Crippen LogP) is 2.98. The molecule has 4 aromatic rings. The van der Waals surface area contributed by atoms with Crippen molar-refractivity contribution in [3.05, 3.63) is 54.4 Å². The van der Waals surface area contributed by atoms with E-state index in [2.05, 4.69) is 20.2 Å². The monoisotopic (exact) mass is 388 g/mol. The first-order valence-electron chi connectivity index (χ1n) is 8.94. The Hall–Kier alpha value is -3.94. The number of ether oxygens (including phenoxy) is 1. The Labute approximate surface area is 167 Å². The number of rotatable bonds is 4. The first-order valence-corrected chi connectivity index (χ1v) is 8.94. The summed E-state index contributed by atoms with van der Waals surface area (Å²) < 4.78 is 5.42. The molecule has 0 atom stereocenters.